The number of ether oxygens (including phenoxy) is 1. The second-order valence-electron chi connectivity index (χ2n) is 6.81. The first-order valence-corrected chi connectivity index (χ1v) is 8.54. The summed E-state index contributed by atoms with van der Waals surface area (Å²) in [4.78, 5) is 2.48. The molecule has 1 saturated heterocycles. The highest BCUT2D eigenvalue weighted by atomic mass is 79.9. The van der Waals surface area contributed by atoms with Gasteiger partial charge in [0.1, 0.15) is 0 Å². The van der Waals surface area contributed by atoms with Crippen molar-refractivity contribution in [2.24, 2.45) is 5.92 Å². The van der Waals surface area contributed by atoms with E-state index in [0.717, 1.165) is 37.3 Å². The van der Waals surface area contributed by atoms with E-state index < -0.39 is 0 Å². The van der Waals surface area contributed by atoms with Crippen molar-refractivity contribution >= 4 is 21.6 Å². The molecule has 1 fully saturated rings. The molecule has 0 aliphatic carbocycles. The molecule has 1 aromatic carbocycles. The molecule has 0 aromatic heterocycles. The van der Waals surface area contributed by atoms with Crippen LogP contribution in [-0.2, 0) is 11.3 Å². The lowest BCUT2D eigenvalue weighted by atomic mass is 9.99. The first-order chi connectivity index (χ1) is 9.90. The maximum atomic E-state index is 5.65. The molecule has 118 valence electrons. The molecule has 1 aromatic rings. The highest BCUT2D eigenvalue weighted by Gasteiger charge is 2.31. The Morgan fingerprint density at radius 3 is 2.81 bits per heavy atom. The Balaban J connectivity index is 2.22. The van der Waals surface area contributed by atoms with Crippen molar-refractivity contribution in [2.75, 3.05) is 31.2 Å². The van der Waals surface area contributed by atoms with Gasteiger partial charge in [-0.25, -0.2) is 0 Å². The molecule has 1 aliphatic rings. The fraction of sp³-hybridized carbons (Fsp3) is 0.647. The van der Waals surface area contributed by atoms with Crippen LogP contribution in [0.1, 0.15) is 33.3 Å². The Bertz CT molecular complexity index is 474. The SMILES string of the molecule is CC(C)CNCc1ccc(Br)cc1N1CCOCC1(C)C. The molecular formula is C17H27BrN2O. The summed E-state index contributed by atoms with van der Waals surface area (Å²) in [6.07, 6.45) is 0. The molecule has 2 rings (SSSR count). The van der Waals surface area contributed by atoms with Crippen LogP contribution < -0.4 is 10.2 Å². The topological polar surface area (TPSA) is 24.5 Å². The normalized spacial score (nSPS) is 18.3. The second-order valence-corrected chi connectivity index (χ2v) is 7.73. The van der Waals surface area contributed by atoms with Gasteiger partial charge in [0.15, 0.2) is 0 Å². The minimum Gasteiger partial charge on any atom is -0.377 e. The highest BCUT2D eigenvalue weighted by molar-refractivity contribution is 9.10. The molecule has 0 amide bonds. The van der Waals surface area contributed by atoms with E-state index in [2.05, 4.69) is 72.0 Å². The molecule has 1 N–H and O–H groups in total. The fourth-order valence-electron chi connectivity index (χ4n) is 2.74. The Labute approximate surface area is 137 Å². The zero-order chi connectivity index (χ0) is 15.5. The monoisotopic (exact) mass is 354 g/mol. The molecule has 0 radical (unpaired) electrons. The Hall–Kier alpha value is -0.580. The lowest BCUT2D eigenvalue weighted by Gasteiger charge is -2.44. The summed E-state index contributed by atoms with van der Waals surface area (Å²) in [6, 6.07) is 6.58. The van der Waals surface area contributed by atoms with Crippen molar-refractivity contribution in [3.8, 4) is 0 Å². The number of morpholine rings is 1. The highest BCUT2D eigenvalue weighted by Crippen LogP contribution is 2.32. The summed E-state index contributed by atoms with van der Waals surface area (Å²) in [6.45, 7) is 13.4. The molecule has 1 aliphatic heterocycles. The number of halogens is 1. The van der Waals surface area contributed by atoms with Crippen LogP contribution in [0, 0.1) is 5.92 Å². The molecule has 1 heterocycles. The van der Waals surface area contributed by atoms with Gasteiger partial charge >= 0.3 is 0 Å². The molecule has 21 heavy (non-hydrogen) atoms. The molecular weight excluding hydrogens is 328 g/mol. The van der Waals surface area contributed by atoms with Crippen LogP contribution in [0.2, 0.25) is 0 Å². The van der Waals surface area contributed by atoms with E-state index in [4.69, 9.17) is 4.74 Å². The Morgan fingerprint density at radius 1 is 1.38 bits per heavy atom. The number of benzene rings is 1. The standard InChI is InChI=1S/C17H27BrN2O/c1-13(2)10-19-11-14-5-6-15(18)9-16(14)20-7-8-21-12-17(20,3)4/h5-6,9,13,19H,7-8,10-12H2,1-4H3. The van der Waals surface area contributed by atoms with Gasteiger partial charge < -0.3 is 15.0 Å². The van der Waals surface area contributed by atoms with Gasteiger partial charge in [-0.1, -0.05) is 35.8 Å². The second kappa shape index (κ2) is 7.12. The lowest BCUT2D eigenvalue weighted by molar-refractivity contribution is 0.0643. The summed E-state index contributed by atoms with van der Waals surface area (Å²) in [5.41, 5.74) is 2.70. The van der Waals surface area contributed by atoms with Crippen molar-refractivity contribution in [3.05, 3.63) is 28.2 Å². The molecule has 3 nitrogen and oxygen atoms in total. The van der Waals surface area contributed by atoms with Crippen LogP contribution in [0.3, 0.4) is 0 Å². The Morgan fingerprint density at radius 2 is 2.14 bits per heavy atom. The van der Waals surface area contributed by atoms with Gasteiger partial charge in [0.05, 0.1) is 18.8 Å². The molecule has 0 bridgehead atoms. The minimum atomic E-state index is 0.0336. The zero-order valence-electron chi connectivity index (χ0n) is 13.6. The van der Waals surface area contributed by atoms with Gasteiger partial charge in [0.25, 0.3) is 0 Å². The van der Waals surface area contributed by atoms with Crippen LogP contribution in [0.15, 0.2) is 22.7 Å². The summed E-state index contributed by atoms with van der Waals surface area (Å²) < 4.78 is 6.78. The van der Waals surface area contributed by atoms with Gasteiger partial charge in [0.2, 0.25) is 0 Å². The van der Waals surface area contributed by atoms with E-state index in [1.54, 1.807) is 0 Å². The van der Waals surface area contributed by atoms with Crippen LogP contribution in [0.25, 0.3) is 0 Å². The maximum absolute atomic E-state index is 5.65. The first-order valence-electron chi connectivity index (χ1n) is 7.74. The number of hydrogen-bond donors (Lipinski definition) is 1. The van der Waals surface area contributed by atoms with E-state index in [-0.39, 0.29) is 5.54 Å². The zero-order valence-corrected chi connectivity index (χ0v) is 15.2. The van der Waals surface area contributed by atoms with E-state index in [9.17, 15) is 0 Å². The molecule has 0 spiro atoms. The van der Waals surface area contributed by atoms with Crippen LogP contribution in [0.5, 0.6) is 0 Å². The molecule has 0 atom stereocenters. The van der Waals surface area contributed by atoms with Gasteiger partial charge in [-0.2, -0.15) is 0 Å². The number of nitrogens with zero attached hydrogens (tertiary/aromatic N) is 1. The van der Waals surface area contributed by atoms with Crippen molar-refractivity contribution < 1.29 is 4.74 Å². The van der Waals surface area contributed by atoms with E-state index in [1.807, 2.05) is 0 Å². The fourth-order valence-corrected chi connectivity index (χ4v) is 3.09. The number of anilines is 1. The van der Waals surface area contributed by atoms with Crippen molar-refractivity contribution in [1.29, 1.82) is 0 Å². The molecule has 4 heteroatoms. The van der Waals surface area contributed by atoms with Gasteiger partial charge in [-0.15, -0.1) is 0 Å². The third kappa shape index (κ3) is 4.44. The summed E-state index contributed by atoms with van der Waals surface area (Å²) in [5, 5.41) is 3.55. The third-order valence-corrected chi connectivity index (χ3v) is 4.34. The van der Waals surface area contributed by atoms with Gasteiger partial charge in [-0.05, 0) is 44.0 Å². The largest absolute Gasteiger partial charge is 0.377 e. The van der Waals surface area contributed by atoms with Gasteiger partial charge in [0, 0.05) is 23.2 Å². The minimum absolute atomic E-state index is 0.0336. The quantitative estimate of drug-likeness (QED) is 0.869. The lowest BCUT2D eigenvalue weighted by Crippen LogP contribution is -2.53. The molecule has 0 saturated carbocycles. The van der Waals surface area contributed by atoms with Crippen LogP contribution >= 0.6 is 15.9 Å². The van der Waals surface area contributed by atoms with Crippen molar-refractivity contribution in [2.45, 2.75) is 39.8 Å². The maximum Gasteiger partial charge on any atom is 0.0694 e. The van der Waals surface area contributed by atoms with Crippen molar-refractivity contribution in [3.63, 3.8) is 0 Å². The van der Waals surface area contributed by atoms with E-state index in [1.165, 1.54) is 11.3 Å². The molecule has 0 unspecified atom stereocenters. The Kier molecular flexibility index (Phi) is 5.69. The predicted octanol–water partition coefficient (Wildman–Crippen LogP) is 3.81. The smallest absolute Gasteiger partial charge is 0.0694 e. The van der Waals surface area contributed by atoms with E-state index in [0.29, 0.717) is 5.92 Å². The summed E-state index contributed by atoms with van der Waals surface area (Å²) in [5.74, 6) is 0.670. The first kappa shape index (κ1) is 16.8. The van der Waals surface area contributed by atoms with Crippen LogP contribution in [0.4, 0.5) is 5.69 Å². The average molecular weight is 355 g/mol. The average Bonchev–Trinajstić information content (AvgIpc) is 2.40. The van der Waals surface area contributed by atoms with Crippen molar-refractivity contribution in [1.82, 2.24) is 5.32 Å². The van der Waals surface area contributed by atoms with Crippen LogP contribution in [-0.4, -0.2) is 31.8 Å². The number of hydrogen-bond acceptors (Lipinski definition) is 3. The van der Waals surface area contributed by atoms with E-state index >= 15 is 0 Å². The predicted molar refractivity (Wildman–Crippen MR) is 92.9 cm³/mol. The summed E-state index contributed by atoms with van der Waals surface area (Å²) in [7, 11) is 0. The number of nitrogens with one attached hydrogen (secondary N) is 1. The van der Waals surface area contributed by atoms with Gasteiger partial charge in [-0.3, -0.25) is 0 Å². The third-order valence-electron chi connectivity index (χ3n) is 3.85. The summed E-state index contributed by atoms with van der Waals surface area (Å²) >= 11 is 3.61. The number of rotatable bonds is 5.